The molecule has 2 N–H and O–H groups in total. The molecule has 0 amide bonds. The van der Waals surface area contributed by atoms with Gasteiger partial charge in [-0.3, -0.25) is 0 Å². The van der Waals surface area contributed by atoms with Crippen molar-refractivity contribution >= 4 is 46.3 Å². The van der Waals surface area contributed by atoms with E-state index in [0.717, 1.165) is 44.1 Å². The smallest absolute Gasteiger partial charge is 0.191 e. The van der Waals surface area contributed by atoms with E-state index in [9.17, 15) is 0 Å². The van der Waals surface area contributed by atoms with Crippen LogP contribution in [0, 0.1) is 0 Å². The number of aromatic nitrogens is 1. The van der Waals surface area contributed by atoms with Crippen LogP contribution in [0.4, 0.5) is 5.00 Å². The topological polar surface area (TPSA) is 65.7 Å². The number of guanidine groups is 1. The minimum atomic E-state index is 0. The molecule has 0 saturated carbocycles. The second kappa shape index (κ2) is 9.87. The molecule has 24 heavy (non-hydrogen) atoms. The second-order valence-electron chi connectivity index (χ2n) is 5.54. The van der Waals surface area contributed by atoms with Gasteiger partial charge in [-0.2, -0.15) is 0 Å². The predicted octanol–water partition coefficient (Wildman–Crippen LogP) is 3.08. The maximum Gasteiger partial charge on any atom is 0.191 e. The van der Waals surface area contributed by atoms with E-state index in [-0.39, 0.29) is 24.0 Å². The molecule has 6 nitrogen and oxygen atoms in total. The van der Waals surface area contributed by atoms with Gasteiger partial charge >= 0.3 is 0 Å². The SMILES string of the molecule is CCNC(=NCc1ccon1)NC1CCN(c2cccs2)CC1.I. The summed E-state index contributed by atoms with van der Waals surface area (Å²) in [7, 11) is 0. The summed E-state index contributed by atoms with van der Waals surface area (Å²) >= 11 is 1.81. The second-order valence-corrected chi connectivity index (χ2v) is 6.47. The molecular weight excluding hydrogens is 437 g/mol. The van der Waals surface area contributed by atoms with E-state index in [1.54, 1.807) is 6.26 Å². The van der Waals surface area contributed by atoms with Gasteiger partial charge in [0.05, 0.1) is 11.5 Å². The number of anilines is 1. The van der Waals surface area contributed by atoms with Crippen LogP contribution in [-0.2, 0) is 6.54 Å². The molecule has 2 aromatic heterocycles. The zero-order valence-electron chi connectivity index (χ0n) is 13.8. The van der Waals surface area contributed by atoms with Gasteiger partial charge in [-0.25, -0.2) is 4.99 Å². The lowest BCUT2D eigenvalue weighted by molar-refractivity contribution is 0.412. The van der Waals surface area contributed by atoms with Crippen molar-refractivity contribution in [1.82, 2.24) is 15.8 Å². The lowest BCUT2D eigenvalue weighted by Crippen LogP contribution is -2.48. The number of thiophene rings is 1. The summed E-state index contributed by atoms with van der Waals surface area (Å²) in [4.78, 5) is 7.04. The average Bonchev–Trinajstić information content (AvgIpc) is 3.27. The van der Waals surface area contributed by atoms with Gasteiger partial charge in [0.2, 0.25) is 0 Å². The maximum absolute atomic E-state index is 4.84. The first-order chi connectivity index (χ1) is 11.3. The van der Waals surface area contributed by atoms with Gasteiger partial charge in [-0.05, 0) is 37.3 Å². The van der Waals surface area contributed by atoms with Gasteiger partial charge in [-0.15, -0.1) is 35.3 Å². The van der Waals surface area contributed by atoms with E-state index in [1.807, 2.05) is 17.4 Å². The summed E-state index contributed by atoms with van der Waals surface area (Å²) in [5.74, 6) is 0.852. The van der Waals surface area contributed by atoms with E-state index in [4.69, 9.17) is 4.52 Å². The highest BCUT2D eigenvalue weighted by molar-refractivity contribution is 14.0. The van der Waals surface area contributed by atoms with Crippen molar-refractivity contribution in [3.05, 3.63) is 35.5 Å². The fraction of sp³-hybridized carbons (Fsp3) is 0.500. The normalized spacial score (nSPS) is 15.9. The Kier molecular flexibility index (Phi) is 7.83. The fourth-order valence-corrected chi connectivity index (χ4v) is 3.47. The van der Waals surface area contributed by atoms with Gasteiger partial charge in [-0.1, -0.05) is 5.16 Å². The van der Waals surface area contributed by atoms with E-state index in [2.05, 4.69) is 50.1 Å². The molecule has 1 aliphatic heterocycles. The van der Waals surface area contributed by atoms with Gasteiger partial charge < -0.3 is 20.1 Å². The number of nitrogens with zero attached hydrogens (tertiary/aromatic N) is 3. The summed E-state index contributed by atoms with van der Waals surface area (Å²) in [6, 6.07) is 6.61. The third-order valence-electron chi connectivity index (χ3n) is 3.89. The summed E-state index contributed by atoms with van der Waals surface area (Å²) in [6.45, 7) is 5.62. The molecule has 0 bridgehead atoms. The van der Waals surface area contributed by atoms with Gasteiger partial charge in [0.25, 0.3) is 0 Å². The summed E-state index contributed by atoms with van der Waals surface area (Å²) in [5, 5.41) is 14.2. The van der Waals surface area contributed by atoms with E-state index >= 15 is 0 Å². The molecule has 8 heteroatoms. The van der Waals surface area contributed by atoms with Crippen LogP contribution in [0.3, 0.4) is 0 Å². The van der Waals surface area contributed by atoms with Crippen molar-refractivity contribution in [3.63, 3.8) is 0 Å². The van der Waals surface area contributed by atoms with Crippen LogP contribution in [-0.4, -0.2) is 36.8 Å². The molecule has 0 aliphatic carbocycles. The Morgan fingerprint density at radius 1 is 1.42 bits per heavy atom. The predicted molar refractivity (Wildman–Crippen MR) is 109 cm³/mol. The number of hydrogen-bond acceptors (Lipinski definition) is 5. The number of piperidine rings is 1. The first-order valence-electron chi connectivity index (χ1n) is 8.07. The minimum absolute atomic E-state index is 0. The van der Waals surface area contributed by atoms with Crippen LogP contribution < -0.4 is 15.5 Å². The fourth-order valence-electron chi connectivity index (χ4n) is 2.69. The molecule has 1 saturated heterocycles. The molecule has 0 unspecified atom stereocenters. The van der Waals surface area contributed by atoms with E-state index in [1.165, 1.54) is 5.00 Å². The Hall–Kier alpha value is -1.29. The highest BCUT2D eigenvalue weighted by Gasteiger charge is 2.20. The number of nitrogens with one attached hydrogen (secondary N) is 2. The largest absolute Gasteiger partial charge is 0.364 e. The van der Waals surface area contributed by atoms with Crippen molar-refractivity contribution in [3.8, 4) is 0 Å². The molecular formula is C16H24IN5OS. The van der Waals surface area contributed by atoms with Crippen LogP contribution in [0.2, 0.25) is 0 Å². The van der Waals surface area contributed by atoms with Crippen LogP contribution in [0.5, 0.6) is 0 Å². The molecule has 1 aliphatic rings. The number of aliphatic imine (C=N–C) groups is 1. The van der Waals surface area contributed by atoms with Crippen molar-refractivity contribution in [2.45, 2.75) is 32.4 Å². The molecule has 1 fully saturated rings. The molecule has 0 aromatic carbocycles. The van der Waals surface area contributed by atoms with E-state index in [0.29, 0.717) is 12.6 Å². The zero-order chi connectivity index (χ0) is 15.9. The molecule has 0 radical (unpaired) electrons. The highest BCUT2D eigenvalue weighted by atomic mass is 127. The van der Waals surface area contributed by atoms with Crippen molar-refractivity contribution in [2.24, 2.45) is 4.99 Å². The van der Waals surface area contributed by atoms with Crippen LogP contribution in [0.15, 0.2) is 39.4 Å². The Morgan fingerprint density at radius 2 is 2.25 bits per heavy atom. The van der Waals surface area contributed by atoms with Gasteiger partial charge in [0.1, 0.15) is 12.0 Å². The quantitative estimate of drug-likeness (QED) is 0.407. The number of rotatable bonds is 5. The molecule has 0 atom stereocenters. The standard InChI is InChI=1S/C16H23N5OS.HI/c1-2-17-16(18-12-14-7-10-22-20-14)19-13-5-8-21(9-6-13)15-4-3-11-23-15;/h3-4,7,10-11,13H,2,5-6,8-9,12H2,1H3,(H2,17,18,19);1H. The summed E-state index contributed by atoms with van der Waals surface area (Å²) < 4.78 is 4.84. The Labute approximate surface area is 163 Å². The molecule has 2 aromatic rings. The summed E-state index contributed by atoms with van der Waals surface area (Å²) in [5.41, 5.74) is 0.842. The van der Waals surface area contributed by atoms with Crippen LogP contribution >= 0.6 is 35.3 Å². The first kappa shape index (κ1) is 19.0. The Morgan fingerprint density at radius 3 is 2.88 bits per heavy atom. The van der Waals surface area contributed by atoms with Crippen LogP contribution in [0.25, 0.3) is 0 Å². The molecule has 3 rings (SSSR count). The number of halogens is 1. The lowest BCUT2D eigenvalue weighted by Gasteiger charge is -2.33. The minimum Gasteiger partial charge on any atom is -0.364 e. The molecule has 132 valence electrons. The van der Waals surface area contributed by atoms with Gasteiger partial charge in [0, 0.05) is 31.7 Å². The maximum atomic E-state index is 4.84. The Balaban J connectivity index is 0.00000208. The van der Waals surface area contributed by atoms with Crippen LogP contribution in [0.1, 0.15) is 25.5 Å². The van der Waals surface area contributed by atoms with Crippen molar-refractivity contribution < 1.29 is 4.52 Å². The third-order valence-corrected chi connectivity index (χ3v) is 4.82. The van der Waals surface area contributed by atoms with Gasteiger partial charge in [0.15, 0.2) is 5.96 Å². The molecule has 3 heterocycles. The molecule has 0 spiro atoms. The monoisotopic (exact) mass is 461 g/mol. The van der Waals surface area contributed by atoms with E-state index < -0.39 is 0 Å². The average molecular weight is 461 g/mol. The Bertz CT molecular complexity index is 594. The third kappa shape index (κ3) is 5.37. The van der Waals surface area contributed by atoms with Crippen molar-refractivity contribution in [1.29, 1.82) is 0 Å². The zero-order valence-corrected chi connectivity index (χ0v) is 16.9. The lowest BCUT2D eigenvalue weighted by atomic mass is 10.1. The van der Waals surface area contributed by atoms with Crippen molar-refractivity contribution in [2.75, 3.05) is 24.5 Å². The number of hydrogen-bond donors (Lipinski definition) is 2. The summed E-state index contributed by atoms with van der Waals surface area (Å²) in [6.07, 6.45) is 3.81. The highest BCUT2D eigenvalue weighted by Crippen LogP contribution is 2.24. The first-order valence-corrected chi connectivity index (χ1v) is 8.95.